The number of rotatable bonds is 5. The van der Waals surface area contributed by atoms with Crippen molar-refractivity contribution < 1.29 is 22.7 Å². The van der Waals surface area contributed by atoms with Gasteiger partial charge in [0.25, 0.3) is 5.91 Å². The fourth-order valence-corrected chi connectivity index (χ4v) is 6.63. The molecule has 11 heteroatoms. The van der Waals surface area contributed by atoms with Gasteiger partial charge in [-0.3, -0.25) is 9.78 Å². The lowest BCUT2D eigenvalue weighted by molar-refractivity contribution is -0.00545. The van der Waals surface area contributed by atoms with E-state index in [1.165, 1.54) is 6.07 Å². The highest BCUT2D eigenvalue weighted by Crippen LogP contribution is 2.25. The Hall–Kier alpha value is -3.93. The van der Waals surface area contributed by atoms with Crippen LogP contribution in [-0.2, 0) is 32.5 Å². The number of amides is 1. The monoisotopic (exact) mass is 573 g/mol. The van der Waals surface area contributed by atoms with Gasteiger partial charge in [-0.2, -0.15) is 0 Å². The van der Waals surface area contributed by atoms with E-state index in [1.807, 2.05) is 36.4 Å². The largest absolute Gasteiger partial charge is 0.376 e. The van der Waals surface area contributed by atoms with Crippen LogP contribution in [0, 0.1) is 0 Å². The molecule has 41 heavy (non-hydrogen) atoms. The minimum Gasteiger partial charge on any atom is -0.376 e. The van der Waals surface area contributed by atoms with E-state index in [0.717, 1.165) is 41.2 Å². The molecule has 0 unspecified atom stereocenters. The number of morpholine rings is 1. The van der Waals surface area contributed by atoms with Gasteiger partial charge in [0.05, 0.1) is 65.2 Å². The second-order valence-electron chi connectivity index (χ2n) is 10.5. The molecule has 0 radical (unpaired) electrons. The minimum atomic E-state index is -3.51. The molecule has 1 saturated heterocycles. The molecular formula is C30H31N5O5S. The van der Waals surface area contributed by atoms with Crippen LogP contribution in [0.1, 0.15) is 35.5 Å². The first-order chi connectivity index (χ1) is 19.7. The molecule has 0 saturated carbocycles. The van der Waals surface area contributed by atoms with Crippen LogP contribution < -0.4 is 10.2 Å². The van der Waals surface area contributed by atoms with Crippen molar-refractivity contribution in [2.75, 3.05) is 30.3 Å². The Morgan fingerprint density at radius 2 is 1.83 bits per heavy atom. The van der Waals surface area contributed by atoms with Crippen molar-refractivity contribution in [2.24, 2.45) is 0 Å². The Morgan fingerprint density at radius 1 is 1.02 bits per heavy atom. The van der Waals surface area contributed by atoms with Crippen LogP contribution in [0.4, 0.5) is 5.82 Å². The van der Waals surface area contributed by atoms with Crippen LogP contribution in [-0.4, -0.2) is 66.9 Å². The molecule has 5 heterocycles. The SMILES string of the molecule is C[C@@H]1CN(c2cccc(-c3ccc4cnc(CNC(=O)c5ccc6c(c5)S(=O)(=O)CCOC6)cc4n3)n2)C[C@H](C)O1. The van der Waals surface area contributed by atoms with E-state index in [1.54, 1.807) is 18.3 Å². The Bertz CT molecular complexity index is 1720. The molecule has 1 N–H and O–H groups in total. The average Bonchev–Trinajstić information content (AvgIpc) is 3.12. The summed E-state index contributed by atoms with van der Waals surface area (Å²) in [7, 11) is -3.51. The Labute approximate surface area is 238 Å². The van der Waals surface area contributed by atoms with E-state index < -0.39 is 9.84 Å². The molecule has 0 bridgehead atoms. The molecule has 0 spiro atoms. The number of hydrogen-bond acceptors (Lipinski definition) is 9. The first-order valence-electron chi connectivity index (χ1n) is 13.6. The lowest BCUT2D eigenvalue weighted by Gasteiger charge is -2.36. The van der Waals surface area contributed by atoms with Crippen molar-refractivity contribution >= 4 is 32.5 Å². The van der Waals surface area contributed by atoms with Crippen molar-refractivity contribution in [1.29, 1.82) is 0 Å². The zero-order valence-electron chi connectivity index (χ0n) is 22.9. The third-order valence-electron chi connectivity index (χ3n) is 7.22. The van der Waals surface area contributed by atoms with Crippen LogP contribution in [0.3, 0.4) is 0 Å². The maximum atomic E-state index is 12.9. The molecule has 1 amide bonds. The van der Waals surface area contributed by atoms with Crippen LogP contribution in [0.2, 0.25) is 0 Å². The number of carbonyl (C=O) groups excluding carboxylic acids is 1. The fourth-order valence-electron chi connectivity index (χ4n) is 5.24. The van der Waals surface area contributed by atoms with Crippen LogP contribution in [0.25, 0.3) is 22.3 Å². The summed E-state index contributed by atoms with van der Waals surface area (Å²) in [6.45, 7) is 6.20. The van der Waals surface area contributed by atoms with Crippen LogP contribution in [0.15, 0.2) is 65.7 Å². The molecule has 4 aromatic rings. The number of hydrogen-bond donors (Lipinski definition) is 1. The van der Waals surface area contributed by atoms with Crippen LogP contribution in [0.5, 0.6) is 0 Å². The molecule has 1 aromatic carbocycles. The smallest absolute Gasteiger partial charge is 0.251 e. The first-order valence-corrected chi connectivity index (χ1v) is 15.3. The summed E-state index contributed by atoms with van der Waals surface area (Å²) in [4.78, 5) is 29.5. The summed E-state index contributed by atoms with van der Waals surface area (Å²) in [5.74, 6) is 0.402. The Morgan fingerprint density at radius 3 is 2.66 bits per heavy atom. The standard InChI is InChI=1S/C30H31N5O5S/c1-19-16-35(17-20(2)40-19)29-5-3-4-25(34-29)26-9-8-22-14-31-24(13-27(22)33-26)15-32-30(36)21-6-7-23-18-39-10-11-41(37,38)28(23)12-21/h3-9,12-14,19-20H,10-11,15-18H2,1-2H3,(H,32,36)/t19-,20+. The summed E-state index contributed by atoms with van der Waals surface area (Å²) in [5.41, 5.74) is 3.70. The van der Waals surface area contributed by atoms with Crippen molar-refractivity contribution in [3.63, 3.8) is 0 Å². The highest BCUT2D eigenvalue weighted by atomic mass is 32.2. The van der Waals surface area contributed by atoms with Gasteiger partial charge in [0.2, 0.25) is 0 Å². The summed E-state index contributed by atoms with van der Waals surface area (Å²) in [5, 5.41) is 3.71. The van der Waals surface area contributed by atoms with Gasteiger partial charge in [0, 0.05) is 30.2 Å². The number of fused-ring (bicyclic) bond motifs is 2. The quantitative estimate of drug-likeness (QED) is 0.382. The molecule has 1 fully saturated rings. The highest BCUT2D eigenvalue weighted by Gasteiger charge is 2.25. The number of benzene rings is 1. The van der Waals surface area contributed by atoms with Crippen molar-refractivity contribution in [3.8, 4) is 11.4 Å². The van der Waals surface area contributed by atoms with E-state index in [9.17, 15) is 13.2 Å². The zero-order chi connectivity index (χ0) is 28.6. The van der Waals surface area contributed by atoms with E-state index in [-0.39, 0.29) is 54.1 Å². The lowest BCUT2D eigenvalue weighted by Crippen LogP contribution is -2.45. The topological polar surface area (TPSA) is 124 Å². The molecule has 6 rings (SSSR count). The molecule has 2 aliphatic rings. The van der Waals surface area contributed by atoms with Crippen molar-refractivity contribution in [1.82, 2.24) is 20.3 Å². The second-order valence-corrected chi connectivity index (χ2v) is 12.6. The number of aromatic nitrogens is 3. The Balaban J connectivity index is 1.19. The summed E-state index contributed by atoms with van der Waals surface area (Å²) in [6, 6.07) is 16.3. The molecule has 2 atom stereocenters. The van der Waals surface area contributed by atoms with Gasteiger partial charge in [-0.1, -0.05) is 12.1 Å². The summed E-state index contributed by atoms with van der Waals surface area (Å²) >= 11 is 0. The number of nitrogens with one attached hydrogen (secondary N) is 1. The average molecular weight is 574 g/mol. The lowest BCUT2D eigenvalue weighted by atomic mass is 10.1. The first kappa shape index (κ1) is 27.3. The van der Waals surface area contributed by atoms with Gasteiger partial charge in [0.15, 0.2) is 9.84 Å². The maximum Gasteiger partial charge on any atom is 0.251 e. The number of sulfone groups is 1. The predicted molar refractivity (Wildman–Crippen MR) is 154 cm³/mol. The van der Waals surface area contributed by atoms with Gasteiger partial charge >= 0.3 is 0 Å². The van der Waals surface area contributed by atoms with Gasteiger partial charge in [-0.15, -0.1) is 0 Å². The van der Waals surface area contributed by atoms with Gasteiger partial charge in [-0.25, -0.2) is 18.4 Å². The maximum absolute atomic E-state index is 12.9. The van der Waals surface area contributed by atoms with E-state index in [2.05, 4.69) is 29.0 Å². The van der Waals surface area contributed by atoms with Crippen LogP contribution >= 0.6 is 0 Å². The molecule has 0 aliphatic carbocycles. The van der Waals surface area contributed by atoms with Crippen molar-refractivity contribution in [3.05, 3.63) is 77.6 Å². The predicted octanol–water partition coefficient (Wildman–Crippen LogP) is 3.54. The normalized spacial score (nSPS) is 20.3. The molecule has 2 aliphatic heterocycles. The van der Waals surface area contributed by atoms with Gasteiger partial charge < -0.3 is 19.7 Å². The molecular weight excluding hydrogens is 542 g/mol. The van der Waals surface area contributed by atoms with Crippen molar-refractivity contribution in [2.45, 2.75) is 44.1 Å². The molecule has 212 valence electrons. The number of anilines is 1. The highest BCUT2D eigenvalue weighted by molar-refractivity contribution is 7.91. The number of carbonyl (C=O) groups is 1. The number of ether oxygens (including phenoxy) is 2. The summed E-state index contributed by atoms with van der Waals surface area (Å²) in [6.07, 6.45) is 1.99. The second kappa shape index (κ2) is 11.2. The van der Waals surface area contributed by atoms with Gasteiger partial charge in [0.1, 0.15) is 5.82 Å². The minimum absolute atomic E-state index is 0.105. The Kier molecular flexibility index (Phi) is 7.41. The van der Waals surface area contributed by atoms with E-state index >= 15 is 0 Å². The summed E-state index contributed by atoms with van der Waals surface area (Å²) < 4.78 is 36.4. The van der Waals surface area contributed by atoms with E-state index in [4.69, 9.17) is 19.4 Å². The number of pyridine rings is 3. The zero-order valence-corrected chi connectivity index (χ0v) is 23.7. The molecule has 3 aromatic heterocycles. The van der Waals surface area contributed by atoms with E-state index in [0.29, 0.717) is 11.3 Å². The number of nitrogens with zero attached hydrogens (tertiary/aromatic N) is 4. The molecule has 10 nitrogen and oxygen atoms in total. The fraction of sp³-hybridized carbons (Fsp3) is 0.333. The van der Waals surface area contributed by atoms with Gasteiger partial charge in [-0.05, 0) is 61.9 Å². The third kappa shape index (κ3) is 5.92. The third-order valence-corrected chi connectivity index (χ3v) is 8.97.